The molecular formula is C21H29NO7. The Labute approximate surface area is 170 Å². The zero-order valence-electron chi connectivity index (χ0n) is 16.9. The number of rotatable bonds is 11. The molecule has 1 aliphatic heterocycles. The number of hydrogen-bond donors (Lipinski definition) is 2. The summed E-state index contributed by atoms with van der Waals surface area (Å²) in [5.74, 6) is -0.646. The van der Waals surface area contributed by atoms with E-state index in [9.17, 15) is 9.59 Å². The number of ether oxygens (including phenoxy) is 4. The zero-order chi connectivity index (χ0) is 21.1. The van der Waals surface area contributed by atoms with Gasteiger partial charge in [0.2, 0.25) is 6.29 Å². The summed E-state index contributed by atoms with van der Waals surface area (Å²) in [7, 11) is 2.90. The van der Waals surface area contributed by atoms with Crippen LogP contribution in [-0.4, -0.2) is 63.9 Å². The largest absolute Gasteiger partial charge is 0.465 e. The van der Waals surface area contributed by atoms with Gasteiger partial charge in [-0.1, -0.05) is 12.1 Å². The molecule has 1 aliphatic rings. The quantitative estimate of drug-likeness (QED) is 0.425. The zero-order valence-corrected chi connectivity index (χ0v) is 16.9. The van der Waals surface area contributed by atoms with Crippen LogP contribution in [0.1, 0.15) is 41.1 Å². The first kappa shape index (κ1) is 22.9. The minimum absolute atomic E-state index is 0.108. The molecule has 0 bridgehead atoms. The molecule has 0 saturated carbocycles. The Morgan fingerprint density at radius 2 is 1.93 bits per heavy atom. The summed E-state index contributed by atoms with van der Waals surface area (Å²) in [4.78, 5) is 24.1. The molecule has 2 rings (SSSR count). The second-order valence-corrected chi connectivity index (χ2v) is 6.58. The van der Waals surface area contributed by atoms with Crippen molar-refractivity contribution in [3.63, 3.8) is 0 Å². The Morgan fingerprint density at radius 1 is 1.17 bits per heavy atom. The van der Waals surface area contributed by atoms with Gasteiger partial charge >= 0.3 is 5.97 Å². The fourth-order valence-electron chi connectivity index (χ4n) is 2.92. The van der Waals surface area contributed by atoms with Gasteiger partial charge in [-0.3, -0.25) is 4.79 Å². The van der Waals surface area contributed by atoms with Crippen molar-refractivity contribution in [2.75, 3.05) is 40.6 Å². The summed E-state index contributed by atoms with van der Waals surface area (Å²) in [5, 5.41) is 11.6. The first-order valence-electron chi connectivity index (χ1n) is 9.65. The number of esters is 1. The Morgan fingerprint density at radius 3 is 2.59 bits per heavy atom. The number of aliphatic hydroxyl groups is 1. The smallest absolute Gasteiger partial charge is 0.337 e. The predicted octanol–water partition coefficient (Wildman–Crippen LogP) is 1.74. The minimum Gasteiger partial charge on any atom is -0.465 e. The van der Waals surface area contributed by atoms with Gasteiger partial charge in [0.25, 0.3) is 5.91 Å². The predicted molar refractivity (Wildman–Crippen MR) is 105 cm³/mol. The van der Waals surface area contributed by atoms with E-state index in [0.29, 0.717) is 44.6 Å². The third-order valence-electron chi connectivity index (χ3n) is 4.49. The van der Waals surface area contributed by atoms with E-state index in [1.165, 1.54) is 7.11 Å². The van der Waals surface area contributed by atoms with Crippen molar-refractivity contribution in [3.05, 3.63) is 47.2 Å². The van der Waals surface area contributed by atoms with Crippen LogP contribution in [0.15, 0.2) is 36.1 Å². The molecule has 8 nitrogen and oxygen atoms in total. The summed E-state index contributed by atoms with van der Waals surface area (Å²) in [6.07, 6.45) is 3.07. The van der Waals surface area contributed by atoms with Crippen molar-refractivity contribution in [2.24, 2.45) is 0 Å². The third-order valence-corrected chi connectivity index (χ3v) is 4.49. The fourth-order valence-corrected chi connectivity index (χ4v) is 2.92. The van der Waals surface area contributed by atoms with Crippen LogP contribution in [0, 0.1) is 0 Å². The van der Waals surface area contributed by atoms with Crippen molar-refractivity contribution in [1.82, 2.24) is 5.32 Å². The summed E-state index contributed by atoms with van der Waals surface area (Å²) in [5.41, 5.74) is 1.40. The van der Waals surface area contributed by atoms with E-state index in [1.807, 2.05) is 12.1 Å². The number of nitrogens with one attached hydrogen (secondary N) is 1. The number of allylic oxidation sites excluding steroid dienone is 1. The molecule has 0 radical (unpaired) electrons. The van der Waals surface area contributed by atoms with Gasteiger partial charge in [0.15, 0.2) is 5.76 Å². The molecule has 1 heterocycles. The van der Waals surface area contributed by atoms with Crippen LogP contribution in [0.3, 0.4) is 0 Å². The van der Waals surface area contributed by atoms with Crippen molar-refractivity contribution in [2.45, 2.75) is 31.5 Å². The number of carbonyl (C=O) groups is 2. The summed E-state index contributed by atoms with van der Waals surface area (Å²) in [6.45, 7) is 1.31. The van der Waals surface area contributed by atoms with E-state index in [1.54, 1.807) is 25.3 Å². The van der Waals surface area contributed by atoms with Gasteiger partial charge in [0.1, 0.15) is 0 Å². The van der Waals surface area contributed by atoms with E-state index in [2.05, 4.69) is 5.32 Å². The molecule has 0 aliphatic carbocycles. The van der Waals surface area contributed by atoms with E-state index in [-0.39, 0.29) is 24.2 Å². The molecule has 1 aromatic rings. The van der Waals surface area contributed by atoms with Crippen molar-refractivity contribution >= 4 is 11.9 Å². The van der Waals surface area contributed by atoms with Gasteiger partial charge in [-0.05, 0) is 36.6 Å². The molecule has 160 valence electrons. The number of methoxy groups -OCH3 is 2. The highest BCUT2D eigenvalue weighted by Crippen LogP contribution is 2.31. The molecule has 29 heavy (non-hydrogen) atoms. The van der Waals surface area contributed by atoms with Gasteiger partial charge in [0, 0.05) is 32.6 Å². The minimum atomic E-state index is -0.577. The van der Waals surface area contributed by atoms with Crippen LogP contribution >= 0.6 is 0 Å². The molecular weight excluding hydrogens is 378 g/mol. The van der Waals surface area contributed by atoms with Crippen molar-refractivity contribution in [3.8, 4) is 0 Å². The number of amides is 1. The van der Waals surface area contributed by atoms with Crippen LogP contribution in [0.25, 0.3) is 0 Å². The summed E-state index contributed by atoms with van der Waals surface area (Å²) >= 11 is 0. The normalized spacial score (nSPS) is 18.5. The van der Waals surface area contributed by atoms with E-state index in [0.717, 1.165) is 5.56 Å². The van der Waals surface area contributed by atoms with Crippen LogP contribution in [0.5, 0.6) is 0 Å². The highest BCUT2D eigenvalue weighted by Gasteiger charge is 2.28. The SMILES string of the molecule is COCCNC(=O)C1=CC(c2ccc(C(=O)OC)cc2)CC(OCCCCO)O1. The van der Waals surface area contributed by atoms with Gasteiger partial charge in [0.05, 0.1) is 25.9 Å². The maximum atomic E-state index is 12.4. The third kappa shape index (κ3) is 7.16. The topological polar surface area (TPSA) is 103 Å². The molecule has 1 amide bonds. The highest BCUT2D eigenvalue weighted by molar-refractivity contribution is 5.91. The molecule has 0 spiro atoms. The van der Waals surface area contributed by atoms with Crippen LogP contribution in [0.4, 0.5) is 0 Å². The van der Waals surface area contributed by atoms with Gasteiger partial charge in [-0.25, -0.2) is 4.79 Å². The lowest BCUT2D eigenvalue weighted by Gasteiger charge is -2.29. The number of carbonyl (C=O) groups excluding carboxylic acids is 2. The standard InChI is InChI=1S/C21H29NO7/c1-26-12-9-22-20(24)18-13-17(14-19(29-18)28-11-4-3-10-23)15-5-7-16(8-6-15)21(25)27-2/h5-8,13,17,19,23H,3-4,9-12,14H2,1-2H3,(H,22,24). The molecule has 8 heteroatoms. The van der Waals surface area contributed by atoms with Crippen LogP contribution in [-0.2, 0) is 23.7 Å². The second kappa shape index (κ2) is 12.2. The van der Waals surface area contributed by atoms with E-state index < -0.39 is 12.3 Å². The average Bonchev–Trinajstić information content (AvgIpc) is 2.76. The highest BCUT2D eigenvalue weighted by atomic mass is 16.7. The lowest BCUT2D eigenvalue weighted by molar-refractivity contribution is -0.146. The fraction of sp³-hybridized carbons (Fsp3) is 0.524. The molecule has 0 saturated heterocycles. The molecule has 2 N–H and O–H groups in total. The Bertz CT molecular complexity index is 687. The Balaban J connectivity index is 2.12. The average molecular weight is 407 g/mol. The first-order chi connectivity index (χ1) is 14.1. The molecule has 0 fully saturated rings. The van der Waals surface area contributed by atoms with Gasteiger partial charge < -0.3 is 29.4 Å². The maximum absolute atomic E-state index is 12.4. The molecule has 2 atom stereocenters. The van der Waals surface area contributed by atoms with Gasteiger partial charge in [-0.15, -0.1) is 0 Å². The van der Waals surface area contributed by atoms with Crippen molar-refractivity contribution in [1.29, 1.82) is 0 Å². The van der Waals surface area contributed by atoms with E-state index in [4.69, 9.17) is 24.1 Å². The number of unbranched alkanes of at least 4 members (excludes halogenated alkanes) is 1. The van der Waals surface area contributed by atoms with Gasteiger partial charge in [-0.2, -0.15) is 0 Å². The number of benzene rings is 1. The Hall–Kier alpha value is -2.42. The Kier molecular flexibility index (Phi) is 9.63. The monoisotopic (exact) mass is 407 g/mol. The maximum Gasteiger partial charge on any atom is 0.337 e. The molecule has 2 unspecified atom stereocenters. The van der Waals surface area contributed by atoms with Crippen molar-refractivity contribution < 1.29 is 33.6 Å². The molecule has 1 aromatic carbocycles. The lowest BCUT2D eigenvalue weighted by atomic mass is 9.92. The van der Waals surface area contributed by atoms with E-state index >= 15 is 0 Å². The summed E-state index contributed by atoms with van der Waals surface area (Å²) in [6, 6.07) is 7.06. The summed E-state index contributed by atoms with van der Waals surface area (Å²) < 4.78 is 21.2. The lowest BCUT2D eigenvalue weighted by Crippen LogP contribution is -2.34. The van der Waals surface area contributed by atoms with Crippen LogP contribution < -0.4 is 5.32 Å². The molecule has 0 aromatic heterocycles. The number of aliphatic hydroxyl groups excluding tert-OH is 1. The van der Waals surface area contributed by atoms with Crippen LogP contribution in [0.2, 0.25) is 0 Å². The number of hydrogen-bond acceptors (Lipinski definition) is 7. The second-order valence-electron chi connectivity index (χ2n) is 6.58. The first-order valence-corrected chi connectivity index (χ1v) is 9.65.